The molecule has 0 bridgehead atoms. The quantitative estimate of drug-likeness (QED) is 0.635. The number of aryl methyl sites for hydroxylation is 1. The van der Waals surface area contributed by atoms with Gasteiger partial charge in [0.15, 0.2) is 0 Å². The molecule has 2 aromatic rings. The summed E-state index contributed by atoms with van der Waals surface area (Å²) >= 11 is 6.26. The molecule has 0 aliphatic carbocycles. The maximum atomic E-state index is 12.8. The molecular weight excluding hydrogens is 446 g/mol. The highest BCUT2D eigenvalue weighted by molar-refractivity contribution is 7.89. The Morgan fingerprint density at radius 2 is 1.88 bits per heavy atom. The lowest BCUT2D eigenvalue weighted by Crippen LogP contribution is -2.28. The van der Waals surface area contributed by atoms with Crippen LogP contribution in [0, 0.1) is 6.92 Å². The average molecular weight is 476 g/mol. The fourth-order valence-corrected chi connectivity index (χ4v) is 6.35. The number of nitrogens with zero attached hydrogens (tertiary/aromatic N) is 2. The number of benzene rings is 2. The fourth-order valence-electron chi connectivity index (χ4n) is 4.64. The van der Waals surface area contributed by atoms with E-state index in [0.29, 0.717) is 42.8 Å². The monoisotopic (exact) mass is 475 g/mol. The van der Waals surface area contributed by atoms with Crippen LogP contribution in [0.3, 0.4) is 0 Å². The largest absolute Gasteiger partial charge is 0.325 e. The second-order valence-corrected chi connectivity index (χ2v) is 11.0. The Labute approximate surface area is 195 Å². The zero-order valence-electron chi connectivity index (χ0n) is 18.4. The Morgan fingerprint density at radius 1 is 1.09 bits per heavy atom. The zero-order chi connectivity index (χ0) is 22.7. The molecule has 1 unspecified atom stereocenters. The molecule has 0 spiro atoms. The normalized spacial score (nSPS) is 20.0. The predicted octanol–water partition coefficient (Wildman–Crippen LogP) is 4.60. The number of nitrogens with one attached hydrogen (secondary N) is 1. The summed E-state index contributed by atoms with van der Waals surface area (Å²) in [6.45, 7) is 4.78. The lowest BCUT2D eigenvalue weighted by Gasteiger charge is -2.25. The zero-order valence-corrected chi connectivity index (χ0v) is 20.0. The summed E-state index contributed by atoms with van der Waals surface area (Å²) in [6.07, 6.45) is 4.27. The summed E-state index contributed by atoms with van der Waals surface area (Å²) in [4.78, 5) is 15.2. The van der Waals surface area contributed by atoms with Crippen molar-refractivity contribution in [2.75, 3.05) is 31.5 Å². The van der Waals surface area contributed by atoms with Gasteiger partial charge in [0.05, 0.1) is 15.6 Å². The summed E-state index contributed by atoms with van der Waals surface area (Å²) in [5.41, 5.74) is 2.88. The van der Waals surface area contributed by atoms with Crippen molar-refractivity contribution in [1.82, 2.24) is 9.21 Å². The van der Waals surface area contributed by atoms with E-state index in [1.807, 2.05) is 0 Å². The van der Waals surface area contributed by atoms with Crippen molar-refractivity contribution < 1.29 is 13.2 Å². The van der Waals surface area contributed by atoms with Gasteiger partial charge in [-0.15, -0.1) is 0 Å². The Hall–Kier alpha value is -1.93. The summed E-state index contributed by atoms with van der Waals surface area (Å²) in [7, 11) is -3.57. The highest BCUT2D eigenvalue weighted by atomic mass is 35.5. The number of carbonyl (C=O) groups is 1. The Morgan fingerprint density at radius 3 is 2.62 bits per heavy atom. The van der Waals surface area contributed by atoms with Crippen LogP contribution in [0.1, 0.15) is 49.3 Å². The van der Waals surface area contributed by atoms with Gasteiger partial charge in [-0.1, -0.05) is 41.4 Å². The number of anilines is 1. The molecule has 0 saturated carbocycles. The van der Waals surface area contributed by atoms with Crippen molar-refractivity contribution >= 4 is 33.2 Å². The summed E-state index contributed by atoms with van der Waals surface area (Å²) in [5.74, 6) is -0.169. The number of hydrogen-bond acceptors (Lipinski definition) is 4. The van der Waals surface area contributed by atoms with Crippen LogP contribution < -0.4 is 5.32 Å². The highest BCUT2D eigenvalue weighted by Gasteiger charge is 2.28. The first-order valence-corrected chi connectivity index (χ1v) is 13.1. The van der Waals surface area contributed by atoms with Crippen LogP contribution in [0.25, 0.3) is 0 Å². The number of amides is 1. The van der Waals surface area contributed by atoms with Gasteiger partial charge in [0.2, 0.25) is 15.9 Å². The number of halogens is 1. The summed E-state index contributed by atoms with van der Waals surface area (Å²) in [5, 5.41) is 3.15. The highest BCUT2D eigenvalue weighted by Crippen LogP contribution is 2.32. The maximum Gasteiger partial charge on any atom is 0.243 e. The van der Waals surface area contributed by atoms with Gasteiger partial charge < -0.3 is 5.32 Å². The van der Waals surface area contributed by atoms with E-state index < -0.39 is 10.0 Å². The maximum absolute atomic E-state index is 12.8. The first-order valence-electron chi connectivity index (χ1n) is 11.2. The average Bonchev–Trinajstić information content (AvgIpc) is 3.46. The molecule has 4 rings (SSSR count). The van der Waals surface area contributed by atoms with E-state index >= 15 is 0 Å². The van der Waals surface area contributed by atoms with Gasteiger partial charge in [-0.05, 0) is 62.9 Å². The minimum absolute atomic E-state index is 0.165. The van der Waals surface area contributed by atoms with Crippen LogP contribution in [-0.2, 0) is 14.8 Å². The molecule has 2 heterocycles. The Balaban J connectivity index is 1.40. The van der Waals surface area contributed by atoms with Gasteiger partial charge in [0, 0.05) is 32.1 Å². The van der Waals surface area contributed by atoms with Crippen molar-refractivity contribution in [2.45, 2.75) is 50.0 Å². The van der Waals surface area contributed by atoms with Gasteiger partial charge in [0.1, 0.15) is 0 Å². The van der Waals surface area contributed by atoms with Gasteiger partial charge in [-0.3, -0.25) is 9.69 Å². The van der Waals surface area contributed by atoms with Crippen molar-refractivity contribution in [3.05, 3.63) is 58.6 Å². The Bertz CT molecular complexity index is 1080. The first kappa shape index (κ1) is 23.2. The fraction of sp³-hybridized carbons (Fsp3) is 0.458. The van der Waals surface area contributed by atoms with Crippen LogP contribution in [0.2, 0.25) is 5.02 Å². The van der Waals surface area contributed by atoms with Crippen molar-refractivity contribution in [1.29, 1.82) is 0 Å². The summed E-state index contributed by atoms with van der Waals surface area (Å²) in [6, 6.07) is 13.4. The molecule has 1 atom stereocenters. The summed E-state index contributed by atoms with van der Waals surface area (Å²) < 4.78 is 27.2. The van der Waals surface area contributed by atoms with Crippen LogP contribution >= 0.6 is 11.6 Å². The van der Waals surface area contributed by atoms with E-state index in [1.54, 1.807) is 0 Å². The molecule has 2 aliphatic heterocycles. The topological polar surface area (TPSA) is 69.7 Å². The van der Waals surface area contributed by atoms with E-state index in [9.17, 15) is 13.2 Å². The molecule has 172 valence electrons. The molecule has 2 aromatic carbocycles. The lowest BCUT2D eigenvalue weighted by atomic mass is 10.0. The molecule has 0 aromatic heterocycles. The molecule has 8 heteroatoms. The lowest BCUT2D eigenvalue weighted by molar-refractivity contribution is -0.116. The first-order chi connectivity index (χ1) is 15.3. The minimum Gasteiger partial charge on any atom is -0.325 e. The van der Waals surface area contributed by atoms with E-state index in [4.69, 9.17) is 11.6 Å². The molecule has 2 saturated heterocycles. The second-order valence-electron chi connectivity index (χ2n) is 8.66. The van der Waals surface area contributed by atoms with E-state index in [2.05, 4.69) is 41.4 Å². The van der Waals surface area contributed by atoms with Gasteiger partial charge in [-0.2, -0.15) is 4.31 Å². The smallest absolute Gasteiger partial charge is 0.243 e. The molecular formula is C24H30ClN3O3S. The number of carbonyl (C=O) groups excluding carboxylic acids is 1. The molecule has 1 amide bonds. The predicted molar refractivity (Wildman–Crippen MR) is 127 cm³/mol. The van der Waals surface area contributed by atoms with Crippen LogP contribution in [-0.4, -0.2) is 49.7 Å². The number of sulfonamides is 1. The van der Waals surface area contributed by atoms with Gasteiger partial charge in [-0.25, -0.2) is 8.42 Å². The van der Waals surface area contributed by atoms with E-state index in [-0.39, 0.29) is 10.8 Å². The van der Waals surface area contributed by atoms with E-state index in [1.165, 1.54) is 33.6 Å². The molecule has 2 fully saturated rings. The van der Waals surface area contributed by atoms with E-state index in [0.717, 1.165) is 32.2 Å². The number of rotatable bonds is 7. The van der Waals surface area contributed by atoms with Crippen LogP contribution in [0.5, 0.6) is 0 Å². The van der Waals surface area contributed by atoms with Crippen LogP contribution in [0.15, 0.2) is 47.4 Å². The standard InChI is InChI=1S/C24H30ClN3O3S/c1-18-6-4-7-19(16-18)23-8-5-12-27(23)15-11-24(29)26-22-17-20(9-10-21(22)25)32(30,31)28-13-2-3-14-28/h4,6-7,9-10,16-17,23H,2-3,5,8,11-15H2,1H3,(H,26,29). The molecule has 6 nitrogen and oxygen atoms in total. The van der Waals surface area contributed by atoms with Crippen LogP contribution in [0.4, 0.5) is 5.69 Å². The number of hydrogen-bond donors (Lipinski definition) is 1. The number of likely N-dealkylation sites (tertiary alicyclic amines) is 1. The van der Waals surface area contributed by atoms with Crippen molar-refractivity contribution in [2.24, 2.45) is 0 Å². The minimum atomic E-state index is -3.57. The molecule has 32 heavy (non-hydrogen) atoms. The molecule has 2 aliphatic rings. The van der Waals surface area contributed by atoms with Crippen molar-refractivity contribution in [3.63, 3.8) is 0 Å². The molecule has 0 radical (unpaired) electrons. The Kier molecular flexibility index (Phi) is 7.20. The third-order valence-electron chi connectivity index (χ3n) is 6.33. The SMILES string of the molecule is Cc1cccc(C2CCCN2CCC(=O)Nc2cc(S(=O)(=O)N3CCCC3)ccc2Cl)c1. The third-order valence-corrected chi connectivity index (χ3v) is 8.56. The van der Waals surface area contributed by atoms with Gasteiger partial charge >= 0.3 is 0 Å². The third kappa shape index (κ3) is 5.17. The van der Waals surface area contributed by atoms with Gasteiger partial charge in [0.25, 0.3) is 0 Å². The van der Waals surface area contributed by atoms with Crippen molar-refractivity contribution in [3.8, 4) is 0 Å². The molecule has 1 N–H and O–H groups in total. The second kappa shape index (κ2) is 9.91.